The van der Waals surface area contributed by atoms with Gasteiger partial charge in [0.2, 0.25) is 10.0 Å². The van der Waals surface area contributed by atoms with E-state index in [1.165, 1.54) is 38.4 Å². The molecule has 0 aliphatic carbocycles. The molecule has 0 saturated carbocycles. The van der Waals surface area contributed by atoms with Crippen molar-refractivity contribution in [3.05, 3.63) is 0 Å². The minimum Gasteiger partial charge on any atom is -0.215 e. The average Bonchev–Trinajstić information content (AvgIpc) is 2.14. The normalized spacial score (nSPS) is 12.9. The standard InChI is InChI=1S/C13H29NO2S/c1-5-10-13(2,3)11-8-6-7-9-12-14-17(4,15)16/h14H,5-12H2,1-4H3. The minimum absolute atomic E-state index is 0.472. The Morgan fingerprint density at radius 1 is 1.00 bits per heavy atom. The third-order valence-corrected chi connectivity index (χ3v) is 3.80. The molecule has 0 amide bonds. The van der Waals surface area contributed by atoms with Crippen molar-refractivity contribution in [2.24, 2.45) is 5.41 Å². The lowest BCUT2D eigenvalue weighted by molar-refractivity contribution is 0.291. The molecule has 0 heterocycles. The van der Waals surface area contributed by atoms with Crippen LogP contribution in [0.5, 0.6) is 0 Å². The molecule has 0 fully saturated rings. The molecule has 0 aromatic carbocycles. The smallest absolute Gasteiger partial charge is 0.208 e. The van der Waals surface area contributed by atoms with Gasteiger partial charge in [0.05, 0.1) is 6.26 Å². The Bertz CT molecular complexity index is 284. The lowest BCUT2D eigenvalue weighted by Gasteiger charge is -2.23. The van der Waals surface area contributed by atoms with Crippen LogP contribution in [0.1, 0.15) is 65.7 Å². The number of rotatable bonds is 10. The summed E-state index contributed by atoms with van der Waals surface area (Å²) in [6.45, 7) is 7.49. The Morgan fingerprint density at radius 3 is 2.12 bits per heavy atom. The van der Waals surface area contributed by atoms with Gasteiger partial charge in [-0.3, -0.25) is 0 Å². The summed E-state index contributed by atoms with van der Waals surface area (Å²) in [5.41, 5.74) is 0.472. The summed E-state index contributed by atoms with van der Waals surface area (Å²) in [4.78, 5) is 0. The fraction of sp³-hybridized carbons (Fsp3) is 1.00. The van der Waals surface area contributed by atoms with E-state index in [9.17, 15) is 8.42 Å². The molecule has 104 valence electrons. The van der Waals surface area contributed by atoms with Crippen molar-refractivity contribution in [1.82, 2.24) is 4.72 Å². The maximum Gasteiger partial charge on any atom is 0.208 e. The Balaban J connectivity index is 3.41. The van der Waals surface area contributed by atoms with Crippen LogP contribution >= 0.6 is 0 Å². The molecule has 0 aromatic rings. The fourth-order valence-electron chi connectivity index (χ4n) is 2.14. The van der Waals surface area contributed by atoms with Gasteiger partial charge in [0, 0.05) is 6.54 Å². The van der Waals surface area contributed by atoms with Crippen LogP contribution in [0.25, 0.3) is 0 Å². The first-order valence-corrected chi connectivity index (χ1v) is 8.60. The monoisotopic (exact) mass is 263 g/mol. The number of nitrogens with one attached hydrogen (secondary N) is 1. The molecule has 0 aliphatic rings. The first kappa shape index (κ1) is 16.9. The van der Waals surface area contributed by atoms with E-state index in [-0.39, 0.29) is 0 Å². The first-order chi connectivity index (χ1) is 7.77. The van der Waals surface area contributed by atoms with Crippen molar-refractivity contribution in [3.63, 3.8) is 0 Å². The summed E-state index contributed by atoms with van der Waals surface area (Å²) in [5.74, 6) is 0. The highest BCUT2D eigenvalue weighted by molar-refractivity contribution is 7.88. The SMILES string of the molecule is CCCC(C)(C)CCCCCCNS(C)(=O)=O. The molecule has 0 saturated heterocycles. The summed E-state index contributed by atoms with van der Waals surface area (Å²) in [6, 6.07) is 0. The van der Waals surface area contributed by atoms with E-state index >= 15 is 0 Å². The van der Waals surface area contributed by atoms with Crippen LogP contribution in [0.3, 0.4) is 0 Å². The maximum atomic E-state index is 10.8. The van der Waals surface area contributed by atoms with Crippen LogP contribution in [0.15, 0.2) is 0 Å². The predicted molar refractivity (Wildman–Crippen MR) is 74.6 cm³/mol. The molecule has 0 bridgehead atoms. The van der Waals surface area contributed by atoms with Crippen LogP contribution in [0.2, 0.25) is 0 Å². The molecular weight excluding hydrogens is 234 g/mol. The Kier molecular flexibility index (Phi) is 8.05. The average molecular weight is 263 g/mol. The predicted octanol–water partition coefficient (Wildman–Crippen LogP) is 3.31. The van der Waals surface area contributed by atoms with E-state index in [1.54, 1.807) is 0 Å². The summed E-state index contributed by atoms with van der Waals surface area (Å²) in [7, 11) is -3.00. The molecular formula is C13H29NO2S. The summed E-state index contributed by atoms with van der Waals surface area (Å²) in [5, 5.41) is 0. The van der Waals surface area contributed by atoms with E-state index in [0.717, 1.165) is 12.8 Å². The lowest BCUT2D eigenvalue weighted by atomic mass is 9.83. The van der Waals surface area contributed by atoms with Crippen LogP contribution in [0.4, 0.5) is 0 Å². The summed E-state index contributed by atoms with van der Waals surface area (Å²) in [6.07, 6.45) is 9.56. The third kappa shape index (κ3) is 12.2. The van der Waals surface area contributed by atoms with E-state index in [0.29, 0.717) is 12.0 Å². The van der Waals surface area contributed by atoms with E-state index in [4.69, 9.17) is 0 Å². The topological polar surface area (TPSA) is 46.2 Å². The molecule has 4 heteroatoms. The zero-order valence-corrected chi connectivity index (χ0v) is 12.7. The number of hydrogen-bond acceptors (Lipinski definition) is 2. The van der Waals surface area contributed by atoms with E-state index in [1.807, 2.05) is 0 Å². The van der Waals surface area contributed by atoms with Crippen molar-refractivity contribution >= 4 is 10.0 Å². The van der Waals surface area contributed by atoms with Gasteiger partial charge in [0.25, 0.3) is 0 Å². The quantitative estimate of drug-likeness (QED) is 0.615. The fourth-order valence-corrected chi connectivity index (χ4v) is 2.66. The zero-order valence-electron chi connectivity index (χ0n) is 11.9. The van der Waals surface area contributed by atoms with Gasteiger partial charge in [-0.05, 0) is 24.7 Å². The van der Waals surface area contributed by atoms with Gasteiger partial charge in [-0.25, -0.2) is 13.1 Å². The first-order valence-electron chi connectivity index (χ1n) is 6.71. The minimum atomic E-state index is -3.00. The highest BCUT2D eigenvalue weighted by Gasteiger charge is 2.15. The van der Waals surface area contributed by atoms with Gasteiger partial charge in [-0.2, -0.15) is 0 Å². The van der Waals surface area contributed by atoms with Crippen molar-refractivity contribution in [2.75, 3.05) is 12.8 Å². The second kappa shape index (κ2) is 8.09. The Morgan fingerprint density at radius 2 is 1.59 bits per heavy atom. The second-order valence-electron chi connectivity index (χ2n) is 5.74. The highest BCUT2D eigenvalue weighted by Crippen LogP contribution is 2.28. The van der Waals surface area contributed by atoms with Crippen molar-refractivity contribution < 1.29 is 8.42 Å². The number of sulfonamides is 1. The van der Waals surface area contributed by atoms with Crippen LogP contribution in [-0.2, 0) is 10.0 Å². The van der Waals surface area contributed by atoms with Gasteiger partial charge < -0.3 is 0 Å². The lowest BCUT2D eigenvalue weighted by Crippen LogP contribution is -2.22. The molecule has 0 aliphatic heterocycles. The molecule has 0 rings (SSSR count). The van der Waals surface area contributed by atoms with Crippen LogP contribution < -0.4 is 4.72 Å². The molecule has 3 nitrogen and oxygen atoms in total. The van der Waals surface area contributed by atoms with Crippen molar-refractivity contribution in [3.8, 4) is 0 Å². The van der Waals surface area contributed by atoms with Crippen LogP contribution in [-0.4, -0.2) is 21.2 Å². The van der Waals surface area contributed by atoms with Gasteiger partial charge in [0.1, 0.15) is 0 Å². The van der Waals surface area contributed by atoms with Gasteiger partial charge in [0.15, 0.2) is 0 Å². The van der Waals surface area contributed by atoms with Gasteiger partial charge >= 0.3 is 0 Å². The second-order valence-corrected chi connectivity index (χ2v) is 7.58. The largest absolute Gasteiger partial charge is 0.215 e. The zero-order chi connectivity index (χ0) is 13.4. The van der Waals surface area contributed by atoms with Gasteiger partial charge in [-0.1, -0.05) is 46.5 Å². The molecule has 0 radical (unpaired) electrons. The molecule has 0 aromatic heterocycles. The van der Waals surface area contributed by atoms with E-state index < -0.39 is 10.0 Å². The molecule has 1 N–H and O–H groups in total. The Hall–Kier alpha value is -0.0900. The number of hydrogen-bond donors (Lipinski definition) is 1. The highest BCUT2D eigenvalue weighted by atomic mass is 32.2. The van der Waals surface area contributed by atoms with Crippen molar-refractivity contribution in [2.45, 2.75) is 65.7 Å². The summed E-state index contributed by atoms with van der Waals surface area (Å²) >= 11 is 0. The molecule has 17 heavy (non-hydrogen) atoms. The molecule has 0 spiro atoms. The van der Waals surface area contributed by atoms with E-state index in [2.05, 4.69) is 25.5 Å². The summed E-state index contributed by atoms with van der Waals surface area (Å²) < 4.78 is 24.1. The third-order valence-electron chi connectivity index (χ3n) is 3.07. The Labute approximate surface area is 107 Å². The van der Waals surface area contributed by atoms with Gasteiger partial charge in [-0.15, -0.1) is 0 Å². The molecule has 0 atom stereocenters. The molecule has 0 unspecified atom stereocenters. The van der Waals surface area contributed by atoms with Crippen molar-refractivity contribution in [1.29, 1.82) is 0 Å². The number of unbranched alkanes of at least 4 members (excludes halogenated alkanes) is 3. The maximum absolute atomic E-state index is 10.8. The van der Waals surface area contributed by atoms with Crippen LogP contribution in [0, 0.1) is 5.41 Å².